The van der Waals surface area contributed by atoms with E-state index in [1.54, 1.807) is 25.3 Å². The summed E-state index contributed by atoms with van der Waals surface area (Å²) in [5.41, 5.74) is 0.595. The van der Waals surface area contributed by atoms with Crippen LogP contribution in [0.5, 0.6) is 5.75 Å². The summed E-state index contributed by atoms with van der Waals surface area (Å²) in [5.74, 6) is -1.99. The summed E-state index contributed by atoms with van der Waals surface area (Å²) in [4.78, 5) is 25.3. The molecule has 21 heavy (non-hydrogen) atoms. The molecule has 0 aliphatic heterocycles. The van der Waals surface area contributed by atoms with Gasteiger partial charge in [-0.2, -0.15) is 5.10 Å². The molecule has 0 bridgehead atoms. The first kappa shape index (κ1) is 12.9. The van der Waals surface area contributed by atoms with Gasteiger partial charge < -0.3 is 15.2 Å². The van der Waals surface area contributed by atoms with Crippen LogP contribution in [-0.2, 0) is 0 Å². The van der Waals surface area contributed by atoms with Crippen molar-refractivity contribution in [3.05, 3.63) is 45.9 Å². The SMILES string of the molecule is Cc1c(-c2ccc3cn[nH]c3c2)[nH]c(=O)c(C(=O)O)c1O. The highest BCUT2D eigenvalue weighted by molar-refractivity contribution is 5.92. The average molecular weight is 285 g/mol. The predicted molar refractivity (Wildman–Crippen MR) is 75.5 cm³/mol. The van der Waals surface area contributed by atoms with Gasteiger partial charge in [-0.25, -0.2) is 4.79 Å². The topological polar surface area (TPSA) is 119 Å². The second kappa shape index (κ2) is 4.48. The summed E-state index contributed by atoms with van der Waals surface area (Å²) in [7, 11) is 0. The molecular weight excluding hydrogens is 274 g/mol. The third kappa shape index (κ3) is 1.95. The van der Waals surface area contributed by atoms with Gasteiger partial charge in [0, 0.05) is 16.5 Å². The Morgan fingerprint density at radius 3 is 2.81 bits per heavy atom. The van der Waals surface area contributed by atoms with E-state index in [9.17, 15) is 14.7 Å². The zero-order valence-electron chi connectivity index (χ0n) is 11.0. The van der Waals surface area contributed by atoms with Gasteiger partial charge in [-0.15, -0.1) is 0 Å². The Morgan fingerprint density at radius 1 is 1.33 bits per heavy atom. The van der Waals surface area contributed by atoms with Crippen molar-refractivity contribution in [2.45, 2.75) is 6.92 Å². The number of nitrogens with zero attached hydrogens (tertiary/aromatic N) is 1. The van der Waals surface area contributed by atoms with Gasteiger partial charge in [-0.05, 0) is 13.0 Å². The van der Waals surface area contributed by atoms with Gasteiger partial charge in [-0.3, -0.25) is 9.89 Å². The lowest BCUT2D eigenvalue weighted by atomic mass is 10.0. The molecule has 0 saturated carbocycles. The lowest BCUT2D eigenvalue weighted by molar-refractivity contribution is 0.0691. The summed E-state index contributed by atoms with van der Waals surface area (Å²) >= 11 is 0. The van der Waals surface area contributed by atoms with Crippen LogP contribution in [0.2, 0.25) is 0 Å². The van der Waals surface area contributed by atoms with Crippen molar-refractivity contribution in [3.63, 3.8) is 0 Å². The first-order valence-electron chi connectivity index (χ1n) is 6.11. The molecule has 7 nitrogen and oxygen atoms in total. The summed E-state index contributed by atoms with van der Waals surface area (Å²) in [6.07, 6.45) is 1.67. The highest BCUT2D eigenvalue weighted by Crippen LogP contribution is 2.29. The van der Waals surface area contributed by atoms with E-state index in [0.717, 1.165) is 10.9 Å². The summed E-state index contributed by atoms with van der Waals surface area (Å²) in [6.45, 7) is 1.55. The molecule has 0 amide bonds. The number of carboxylic acids is 1. The first-order valence-corrected chi connectivity index (χ1v) is 6.11. The molecule has 0 aliphatic carbocycles. The number of H-pyrrole nitrogens is 2. The summed E-state index contributed by atoms with van der Waals surface area (Å²) in [6, 6.07) is 5.34. The van der Waals surface area contributed by atoms with Crippen molar-refractivity contribution in [3.8, 4) is 17.0 Å². The molecule has 0 saturated heterocycles. The van der Waals surface area contributed by atoms with Gasteiger partial charge in [0.25, 0.3) is 5.56 Å². The Balaban J connectivity index is 2.27. The van der Waals surface area contributed by atoms with Gasteiger partial charge in [0.05, 0.1) is 17.4 Å². The Morgan fingerprint density at radius 2 is 2.10 bits per heavy atom. The molecule has 106 valence electrons. The Kier molecular flexibility index (Phi) is 2.76. The number of hydrogen-bond donors (Lipinski definition) is 4. The monoisotopic (exact) mass is 285 g/mol. The smallest absolute Gasteiger partial charge is 0.345 e. The number of aromatic carboxylic acids is 1. The quantitative estimate of drug-likeness (QED) is 0.570. The zero-order chi connectivity index (χ0) is 15.1. The highest BCUT2D eigenvalue weighted by Gasteiger charge is 2.20. The summed E-state index contributed by atoms with van der Waals surface area (Å²) < 4.78 is 0. The number of carboxylic acid groups (broad SMARTS) is 1. The predicted octanol–water partition coefficient (Wildman–Crippen LogP) is 1.63. The van der Waals surface area contributed by atoms with Crippen LogP contribution in [-0.4, -0.2) is 31.4 Å². The number of fused-ring (bicyclic) bond motifs is 1. The minimum Gasteiger partial charge on any atom is -0.506 e. The van der Waals surface area contributed by atoms with Crippen LogP contribution in [0.3, 0.4) is 0 Å². The number of hydrogen-bond acceptors (Lipinski definition) is 4. The van der Waals surface area contributed by atoms with Crippen LogP contribution in [0.25, 0.3) is 22.2 Å². The van der Waals surface area contributed by atoms with Gasteiger partial charge in [0.1, 0.15) is 5.75 Å². The van der Waals surface area contributed by atoms with E-state index in [1.165, 1.54) is 0 Å². The van der Waals surface area contributed by atoms with Crippen LogP contribution in [0.1, 0.15) is 15.9 Å². The van der Waals surface area contributed by atoms with Crippen molar-refractivity contribution in [2.75, 3.05) is 0 Å². The highest BCUT2D eigenvalue weighted by atomic mass is 16.4. The number of carbonyl (C=O) groups is 1. The maximum atomic E-state index is 11.8. The minimum absolute atomic E-state index is 0.297. The second-order valence-electron chi connectivity index (χ2n) is 4.65. The maximum Gasteiger partial charge on any atom is 0.345 e. The molecule has 7 heteroatoms. The number of aromatic hydroxyl groups is 1. The van der Waals surface area contributed by atoms with Crippen molar-refractivity contribution in [2.24, 2.45) is 0 Å². The van der Waals surface area contributed by atoms with Gasteiger partial charge in [-0.1, -0.05) is 12.1 Å². The lowest BCUT2D eigenvalue weighted by Crippen LogP contribution is -2.19. The Hall–Kier alpha value is -3.09. The second-order valence-corrected chi connectivity index (χ2v) is 4.65. The van der Waals surface area contributed by atoms with E-state index in [-0.39, 0.29) is 0 Å². The van der Waals surface area contributed by atoms with Crippen molar-refractivity contribution < 1.29 is 15.0 Å². The summed E-state index contributed by atoms with van der Waals surface area (Å²) in [5, 5.41) is 26.5. The molecule has 3 aromatic rings. The number of pyridine rings is 1. The van der Waals surface area contributed by atoms with Crippen LogP contribution < -0.4 is 5.56 Å². The van der Waals surface area contributed by atoms with E-state index in [2.05, 4.69) is 15.2 Å². The molecule has 0 atom stereocenters. The van der Waals surface area contributed by atoms with Crippen molar-refractivity contribution in [1.82, 2.24) is 15.2 Å². The fourth-order valence-electron chi connectivity index (χ4n) is 2.26. The Labute approximate surface area is 117 Å². The van der Waals surface area contributed by atoms with E-state index in [0.29, 0.717) is 16.8 Å². The van der Waals surface area contributed by atoms with Crippen LogP contribution in [0.4, 0.5) is 0 Å². The molecule has 0 spiro atoms. The average Bonchev–Trinajstić information content (AvgIpc) is 2.89. The maximum absolute atomic E-state index is 11.8. The number of aromatic nitrogens is 3. The van der Waals surface area contributed by atoms with E-state index in [4.69, 9.17) is 5.11 Å². The van der Waals surface area contributed by atoms with Gasteiger partial charge in [0.2, 0.25) is 0 Å². The molecular formula is C14H11N3O4. The third-order valence-corrected chi connectivity index (χ3v) is 3.38. The van der Waals surface area contributed by atoms with Gasteiger partial charge >= 0.3 is 5.97 Å². The molecule has 2 heterocycles. The number of benzene rings is 1. The molecule has 0 fully saturated rings. The lowest BCUT2D eigenvalue weighted by Gasteiger charge is -2.10. The molecule has 2 aromatic heterocycles. The van der Waals surface area contributed by atoms with E-state index >= 15 is 0 Å². The van der Waals surface area contributed by atoms with Gasteiger partial charge in [0.15, 0.2) is 5.56 Å². The number of rotatable bonds is 2. The molecule has 3 rings (SSSR count). The standard InChI is InChI=1S/C14H11N3O4/c1-6-11(16-13(19)10(12(6)18)14(20)21)7-2-3-8-5-15-17-9(8)4-7/h2-5H,1H3,(H,15,17)(H,20,21)(H2,16,18,19). The molecule has 1 aromatic carbocycles. The van der Waals surface area contributed by atoms with Crippen LogP contribution >= 0.6 is 0 Å². The van der Waals surface area contributed by atoms with Crippen LogP contribution in [0, 0.1) is 6.92 Å². The largest absolute Gasteiger partial charge is 0.506 e. The van der Waals surface area contributed by atoms with Crippen molar-refractivity contribution >= 4 is 16.9 Å². The van der Waals surface area contributed by atoms with Crippen molar-refractivity contribution in [1.29, 1.82) is 0 Å². The molecule has 0 unspecified atom stereocenters. The first-order chi connectivity index (χ1) is 9.99. The number of nitrogens with one attached hydrogen (secondary N) is 2. The fourth-order valence-corrected chi connectivity index (χ4v) is 2.26. The van der Waals surface area contributed by atoms with Crippen LogP contribution in [0.15, 0.2) is 29.2 Å². The molecule has 4 N–H and O–H groups in total. The minimum atomic E-state index is -1.47. The molecule has 0 aliphatic rings. The van der Waals surface area contributed by atoms with E-state index < -0.39 is 22.8 Å². The zero-order valence-corrected chi connectivity index (χ0v) is 11.0. The fraction of sp³-hybridized carbons (Fsp3) is 0.0714. The Bertz CT molecular complexity index is 924. The number of aromatic amines is 2. The molecule has 0 radical (unpaired) electrons. The normalized spacial score (nSPS) is 10.9. The third-order valence-electron chi connectivity index (χ3n) is 3.38. The van der Waals surface area contributed by atoms with E-state index in [1.807, 2.05) is 6.07 Å².